The number of anilines is 1. The Balaban J connectivity index is 1.49. The predicted molar refractivity (Wildman–Crippen MR) is 103 cm³/mol. The molecule has 0 saturated heterocycles. The summed E-state index contributed by atoms with van der Waals surface area (Å²) in [4.78, 5) is 27.3. The Kier molecular flexibility index (Phi) is 6.98. The highest BCUT2D eigenvalue weighted by molar-refractivity contribution is 6.33. The molecule has 0 spiro atoms. The molecular weight excluding hydrogens is 460 g/mol. The maximum absolute atomic E-state index is 12.9. The number of amides is 1. The molecule has 12 heteroatoms. The number of halogens is 5. The van der Waals surface area contributed by atoms with Gasteiger partial charge >= 0.3 is 12.1 Å². The summed E-state index contributed by atoms with van der Waals surface area (Å²) < 4.78 is 66.1. The molecule has 1 N–H and O–H groups in total. The largest absolute Gasteiger partial charge is 0.486 e. The van der Waals surface area contributed by atoms with Gasteiger partial charge < -0.3 is 19.2 Å². The number of hydrogen-bond donors (Lipinski definition) is 1. The van der Waals surface area contributed by atoms with Crippen molar-refractivity contribution in [1.82, 2.24) is 4.98 Å². The number of aromatic nitrogens is 1. The molecule has 168 valence electrons. The van der Waals surface area contributed by atoms with Crippen LogP contribution < -0.4 is 10.1 Å². The van der Waals surface area contributed by atoms with Gasteiger partial charge in [-0.25, -0.2) is 14.2 Å². The second kappa shape index (κ2) is 9.69. The van der Waals surface area contributed by atoms with E-state index >= 15 is 0 Å². The van der Waals surface area contributed by atoms with Crippen LogP contribution in [0.2, 0.25) is 5.02 Å². The Morgan fingerprint density at radius 3 is 2.50 bits per heavy atom. The molecule has 0 bridgehead atoms. The number of nitrogens with one attached hydrogen (secondary N) is 1. The summed E-state index contributed by atoms with van der Waals surface area (Å²) in [6, 6.07) is 8.64. The van der Waals surface area contributed by atoms with Crippen molar-refractivity contribution in [1.29, 1.82) is 0 Å². The highest BCUT2D eigenvalue weighted by Crippen LogP contribution is 2.32. The van der Waals surface area contributed by atoms with Crippen LogP contribution in [0.25, 0.3) is 0 Å². The number of furan rings is 1. The summed E-state index contributed by atoms with van der Waals surface area (Å²) in [5, 5.41) is 1.71. The normalized spacial score (nSPS) is 11.2. The van der Waals surface area contributed by atoms with Crippen molar-refractivity contribution < 1.29 is 41.0 Å². The number of nitrogens with zero attached hydrogens (tertiary/aromatic N) is 1. The molecule has 7 nitrogen and oxygen atoms in total. The van der Waals surface area contributed by atoms with E-state index in [1.165, 1.54) is 36.4 Å². The third-order valence-corrected chi connectivity index (χ3v) is 4.11. The molecule has 0 aliphatic carbocycles. The smallest absolute Gasteiger partial charge is 0.417 e. The van der Waals surface area contributed by atoms with Crippen molar-refractivity contribution in [2.45, 2.75) is 12.8 Å². The lowest BCUT2D eigenvalue weighted by atomic mass is 10.3. The van der Waals surface area contributed by atoms with E-state index in [-0.39, 0.29) is 23.9 Å². The monoisotopic (exact) mass is 472 g/mol. The van der Waals surface area contributed by atoms with Crippen molar-refractivity contribution in [2.24, 2.45) is 0 Å². The maximum Gasteiger partial charge on any atom is 0.417 e. The van der Waals surface area contributed by atoms with Gasteiger partial charge in [-0.05, 0) is 42.5 Å². The summed E-state index contributed by atoms with van der Waals surface area (Å²) in [6.45, 7) is -0.808. The Bertz CT molecular complexity index is 1120. The van der Waals surface area contributed by atoms with Gasteiger partial charge in [-0.2, -0.15) is 13.2 Å². The molecule has 0 unspecified atom stereocenters. The van der Waals surface area contributed by atoms with E-state index in [1.54, 1.807) is 0 Å². The number of pyridine rings is 1. The quantitative estimate of drug-likeness (QED) is 0.390. The standard InChI is InChI=1S/C20H13ClF4N2O5/c21-15-7-11(20(23,24)25)8-26-18(15)27-17(28)10-31-19(29)16-6-5-14(32-16)9-30-13-3-1-12(22)2-4-13/h1-8H,9-10H2,(H,26,27,28). The third kappa shape index (κ3) is 6.20. The zero-order valence-electron chi connectivity index (χ0n) is 15.9. The summed E-state index contributed by atoms with van der Waals surface area (Å²) >= 11 is 5.69. The number of ether oxygens (including phenoxy) is 2. The SMILES string of the molecule is O=C(COC(=O)c1ccc(COc2ccc(F)cc2)o1)Nc1ncc(C(F)(F)F)cc1Cl. The number of rotatable bonds is 7. The molecule has 3 rings (SSSR count). The van der Waals surface area contributed by atoms with E-state index in [9.17, 15) is 27.2 Å². The molecule has 3 aromatic rings. The minimum absolute atomic E-state index is 0.0442. The first kappa shape index (κ1) is 23.1. The molecular formula is C20H13ClF4N2O5. The second-order valence-corrected chi connectivity index (χ2v) is 6.59. The van der Waals surface area contributed by atoms with Crippen molar-refractivity contribution in [3.63, 3.8) is 0 Å². The average Bonchev–Trinajstić information content (AvgIpc) is 3.21. The minimum Gasteiger partial charge on any atom is -0.486 e. The first-order valence-corrected chi connectivity index (χ1v) is 9.16. The molecule has 0 radical (unpaired) electrons. The van der Waals surface area contributed by atoms with Crippen molar-refractivity contribution in [3.8, 4) is 5.75 Å². The number of hydrogen-bond acceptors (Lipinski definition) is 6. The molecule has 0 fully saturated rings. The number of benzene rings is 1. The molecule has 2 aromatic heterocycles. The summed E-state index contributed by atoms with van der Waals surface area (Å²) in [6.07, 6.45) is -4.13. The van der Waals surface area contributed by atoms with Crippen LogP contribution in [-0.4, -0.2) is 23.5 Å². The molecule has 0 saturated carbocycles. The number of carbonyl (C=O) groups is 2. The zero-order valence-corrected chi connectivity index (χ0v) is 16.7. The number of alkyl halides is 3. The van der Waals surface area contributed by atoms with Crippen molar-refractivity contribution in [3.05, 3.63) is 76.6 Å². The van der Waals surface area contributed by atoms with Crippen LogP contribution in [0, 0.1) is 5.82 Å². The van der Waals surface area contributed by atoms with Gasteiger partial charge in [0, 0.05) is 6.20 Å². The third-order valence-electron chi connectivity index (χ3n) is 3.82. The summed E-state index contributed by atoms with van der Waals surface area (Å²) in [7, 11) is 0. The molecule has 2 heterocycles. The van der Waals surface area contributed by atoms with Crippen molar-refractivity contribution in [2.75, 3.05) is 11.9 Å². The topological polar surface area (TPSA) is 90.7 Å². The van der Waals surface area contributed by atoms with Crippen LogP contribution in [0.4, 0.5) is 23.4 Å². The lowest BCUT2D eigenvalue weighted by Gasteiger charge is -2.10. The van der Waals surface area contributed by atoms with E-state index in [0.29, 0.717) is 18.0 Å². The fourth-order valence-electron chi connectivity index (χ4n) is 2.31. The Labute approximate surface area is 182 Å². The number of esters is 1. The lowest BCUT2D eigenvalue weighted by Crippen LogP contribution is -2.21. The molecule has 0 atom stereocenters. The minimum atomic E-state index is -4.64. The maximum atomic E-state index is 12.9. The van der Waals surface area contributed by atoms with E-state index in [4.69, 9.17) is 25.5 Å². The highest BCUT2D eigenvalue weighted by Gasteiger charge is 2.31. The fourth-order valence-corrected chi connectivity index (χ4v) is 2.52. The predicted octanol–water partition coefficient (Wildman–Crippen LogP) is 4.86. The van der Waals surface area contributed by atoms with Crippen LogP contribution in [0.15, 0.2) is 53.1 Å². The van der Waals surface area contributed by atoms with E-state index in [1.807, 2.05) is 0 Å². The van der Waals surface area contributed by atoms with Gasteiger partial charge in [0.1, 0.15) is 23.9 Å². The second-order valence-electron chi connectivity index (χ2n) is 6.19. The van der Waals surface area contributed by atoms with Gasteiger partial charge in [-0.1, -0.05) is 11.6 Å². The zero-order chi connectivity index (χ0) is 23.3. The van der Waals surface area contributed by atoms with E-state index < -0.39 is 41.1 Å². The molecule has 32 heavy (non-hydrogen) atoms. The van der Waals surface area contributed by atoms with Crippen LogP contribution in [0.1, 0.15) is 21.9 Å². The summed E-state index contributed by atoms with van der Waals surface area (Å²) in [5.41, 5.74) is -1.08. The van der Waals surface area contributed by atoms with Crippen LogP contribution >= 0.6 is 11.6 Å². The highest BCUT2D eigenvalue weighted by atomic mass is 35.5. The van der Waals surface area contributed by atoms with E-state index in [0.717, 1.165) is 0 Å². The van der Waals surface area contributed by atoms with Gasteiger partial charge in [0.15, 0.2) is 12.4 Å². The van der Waals surface area contributed by atoms with Crippen LogP contribution in [0.5, 0.6) is 5.75 Å². The van der Waals surface area contributed by atoms with Crippen molar-refractivity contribution >= 4 is 29.3 Å². The Morgan fingerprint density at radius 1 is 1.12 bits per heavy atom. The van der Waals surface area contributed by atoms with Gasteiger partial charge in [0.2, 0.25) is 5.76 Å². The van der Waals surface area contributed by atoms with Gasteiger partial charge in [0.25, 0.3) is 5.91 Å². The molecule has 0 aliphatic rings. The van der Waals surface area contributed by atoms with Crippen LogP contribution in [0.3, 0.4) is 0 Å². The number of carbonyl (C=O) groups excluding carboxylic acids is 2. The van der Waals surface area contributed by atoms with Gasteiger partial charge in [-0.3, -0.25) is 4.79 Å². The van der Waals surface area contributed by atoms with Gasteiger partial charge in [0.05, 0.1) is 10.6 Å². The molecule has 0 aliphatic heterocycles. The summed E-state index contributed by atoms with van der Waals surface area (Å²) in [5.74, 6) is -2.12. The lowest BCUT2D eigenvalue weighted by molar-refractivity contribution is -0.137. The fraction of sp³-hybridized carbons (Fsp3) is 0.150. The van der Waals surface area contributed by atoms with Gasteiger partial charge in [-0.15, -0.1) is 0 Å². The molecule has 1 aromatic carbocycles. The Morgan fingerprint density at radius 2 is 1.84 bits per heavy atom. The Hall–Kier alpha value is -3.60. The first-order valence-electron chi connectivity index (χ1n) is 8.78. The van der Waals surface area contributed by atoms with Crippen LogP contribution in [-0.2, 0) is 22.3 Å². The van der Waals surface area contributed by atoms with E-state index in [2.05, 4.69) is 10.3 Å². The first-order chi connectivity index (χ1) is 15.1. The molecule has 1 amide bonds. The average molecular weight is 473 g/mol.